The zero-order valence-electron chi connectivity index (χ0n) is 11.3. The molecule has 1 saturated heterocycles. The fraction of sp³-hybridized carbons (Fsp3) is 0.667. The van der Waals surface area contributed by atoms with Gasteiger partial charge in [0, 0.05) is 19.6 Å². The molecule has 1 atom stereocenters. The normalized spacial score (nSPS) is 19.3. The third-order valence-electron chi connectivity index (χ3n) is 2.98. The molecule has 2 N–H and O–H groups in total. The molecule has 19 heavy (non-hydrogen) atoms. The highest BCUT2D eigenvalue weighted by molar-refractivity contribution is 5.64. The molecule has 1 aromatic rings. The van der Waals surface area contributed by atoms with E-state index in [9.17, 15) is 5.11 Å². The minimum absolute atomic E-state index is 0.00393. The van der Waals surface area contributed by atoms with Crippen molar-refractivity contribution in [3.63, 3.8) is 0 Å². The number of morpholine rings is 1. The second kappa shape index (κ2) is 6.53. The van der Waals surface area contributed by atoms with Crippen LogP contribution >= 0.6 is 0 Å². The molecule has 1 aliphatic rings. The van der Waals surface area contributed by atoms with E-state index in [1.807, 2.05) is 11.8 Å². The van der Waals surface area contributed by atoms with E-state index in [1.54, 1.807) is 7.11 Å². The van der Waals surface area contributed by atoms with Crippen molar-refractivity contribution in [3.05, 3.63) is 6.33 Å². The van der Waals surface area contributed by atoms with Gasteiger partial charge in [-0.1, -0.05) is 0 Å². The van der Waals surface area contributed by atoms with Crippen LogP contribution in [0.3, 0.4) is 0 Å². The molecule has 2 rings (SSSR count). The summed E-state index contributed by atoms with van der Waals surface area (Å²) in [7, 11) is 1.60. The zero-order chi connectivity index (χ0) is 13.7. The largest absolute Gasteiger partial charge is 0.490 e. The third kappa shape index (κ3) is 3.05. The molecule has 0 aromatic carbocycles. The number of methoxy groups -OCH3 is 1. The Balaban J connectivity index is 2.25. The van der Waals surface area contributed by atoms with Gasteiger partial charge in [-0.05, 0) is 6.92 Å². The summed E-state index contributed by atoms with van der Waals surface area (Å²) in [6.07, 6.45) is 1.33. The van der Waals surface area contributed by atoms with Crippen LogP contribution in [0.25, 0.3) is 0 Å². The van der Waals surface area contributed by atoms with Crippen molar-refractivity contribution in [2.45, 2.75) is 13.0 Å². The lowest BCUT2D eigenvalue weighted by Crippen LogP contribution is -2.44. The minimum Gasteiger partial charge on any atom is -0.490 e. The maximum Gasteiger partial charge on any atom is 0.204 e. The Bertz CT molecular complexity index is 416. The van der Waals surface area contributed by atoms with Crippen molar-refractivity contribution in [1.82, 2.24) is 9.97 Å². The van der Waals surface area contributed by atoms with Crippen LogP contribution in [0.1, 0.15) is 6.92 Å². The van der Waals surface area contributed by atoms with Gasteiger partial charge in [-0.2, -0.15) is 0 Å². The van der Waals surface area contributed by atoms with Crippen LogP contribution in [-0.4, -0.2) is 61.1 Å². The number of nitrogens with one attached hydrogen (secondary N) is 1. The highest BCUT2D eigenvalue weighted by atomic mass is 16.5. The average Bonchev–Trinajstić information content (AvgIpc) is 2.47. The maximum atomic E-state index is 9.19. The average molecular weight is 268 g/mol. The van der Waals surface area contributed by atoms with E-state index in [1.165, 1.54) is 6.33 Å². The molecule has 7 nitrogen and oxygen atoms in total. The third-order valence-corrected chi connectivity index (χ3v) is 2.98. The van der Waals surface area contributed by atoms with Crippen molar-refractivity contribution in [2.24, 2.45) is 0 Å². The Labute approximate surface area is 112 Å². The molecule has 2 heterocycles. The van der Waals surface area contributed by atoms with Crippen LogP contribution in [0.4, 0.5) is 11.6 Å². The summed E-state index contributed by atoms with van der Waals surface area (Å²) in [5, 5.41) is 12.3. The first-order chi connectivity index (χ1) is 9.30. The molecule has 0 saturated carbocycles. The molecular formula is C12H20N4O3. The molecule has 0 bridgehead atoms. The van der Waals surface area contributed by atoms with Gasteiger partial charge < -0.3 is 24.8 Å². The molecule has 106 valence electrons. The van der Waals surface area contributed by atoms with E-state index >= 15 is 0 Å². The zero-order valence-corrected chi connectivity index (χ0v) is 11.3. The van der Waals surface area contributed by atoms with Crippen LogP contribution in [0, 0.1) is 0 Å². The quantitative estimate of drug-likeness (QED) is 0.784. The van der Waals surface area contributed by atoms with Crippen molar-refractivity contribution in [2.75, 3.05) is 50.2 Å². The number of anilines is 2. The Morgan fingerprint density at radius 2 is 2.42 bits per heavy atom. The Morgan fingerprint density at radius 1 is 1.58 bits per heavy atom. The molecule has 1 aliphatic heterocycles. The first-order valence-electron chi connectivity index (χ1n) is 6.40. The fourth-order valence-corrected chi connectivity index (χ4v) is 2.09. The highest BCUT2D eigenvalue weighted by Gasteiger charge is 2.24. The number of aromatic nitrogens is 2. The van der Waals surface area contributed by atoms with E-state index in [2.05, 4.69) is 15.3 Å². The fourth-order valence-electron chi connectivity index (χ4n) is 2.09. The van der Waals surface area contributed by atoms with E-state index < -0.39 is 0 Å². The maximum absolute atomic E-state index is 9.19. The van der Waals surface area contributed by atoms with Gasteiger partial charge in [0.15, 0.2) is 11.6 Å². The molecule has 1 fully saturated rings. The topological polar surface area (TPSA) is 79.7 Å². The van der Waals surface area contributed by atoms with Gasteiger partial charge in [0.2, 0.25) is 5.75 Å². The van der Waals surface area contributed by atoms with Crippen LogP contribution in [0.5, 0.6) is 5.75 Å². The first-order valence-corrected chi connectivity index (χ1v) is 6.40. The van der Waals surface area contributed by atoms with Crippen LogP contribution in [-0.2, 0) is 4.74 Å². The van der Waals surface area contributed by atoms with Gasteiger partial charge >= 0.3 is 0 Å². The lowest BCUT2D eigenvalue weighted by molar-refractivity contribution is 0.00325. The lowest BCUT2D eigenvalue weighted by atomic mass is 10.2. The summed E-state index contributed by atoms with van der Waals surface area (Å²) >= 11 is 0. The molecule has 0 aliphatic carbocycles. The Hall–Kier alpha value is -1.60. The van der Waals surface area contributed by atoms with Gasteiger partial charge in [-0.3, -0.25) is 0 Å². The summed E-state index contributed by atoms with van der Waals surface area (Å²) < 4.78 is 10.9. The number of aliphatic hydroxyl groups excluding tert-OH is 1. The molecule has 0 amide bonds. The highest BCUT2D eigenvalue weighted by Crippen LogP contribution is 2.32. The number of nitrogens with zero attached hydrogens (tertiary/aromatic N) is 3. The van der Waals surface area contributed by atoms with Crippen LogP contribution < -0.4 is 15.0 Å². The van der Waals surface area contributed by atoms with Crippen LogP contribution in [0.15, 0.2) is 6.33 Å². The van der Waals surface area contributed by atoms with E-state index in [4.69, 9.17) is 9.47 Å². The summed E-state index contributed by atoms with van der Waals surface area (Å²) in [6, 6.07) is 0. The number of hydrogen-bond donors (Lipinski definition) is 2. The van der Waals surface area contributed by atoms with E-state index in [0.717, 1.165) is 18.9 Å². The number of aliphatic hydroxyl groups is 1. The second-order valence-corrected chi connectivity index (χ2v) is 4.23. The summed E-state index contributed by atoms with van der Waals surface area (Å²) in [5.41, 5.74) is 0. The molecule has 1 aromatic heterocycles. The monoisotopic (exact) mass is 268 g/mol. The molecule has 1 unspecified atom stereocenters. The lowest BCUT2D eigenvalue weighted by Gasteiger charge is -2.33. The Kier molecular flexibility index (Phi) is 4.75. The van der Waals surface area contributed by atoms with E-state index in [0.29, 0.717) is 24.7 Å². The SMILES string of the molecule is CCNc1ncnc(N2CCOC(CO)C2)c1OC. The van der Waals surface area contributed by atoms with Gasteiger partial charge in [0.25, 0.3) is 0 Å². The van der Waals surface area contributed by atoms with E-state index in [-0.39, 0.29) is 12.7 Å². The van der Waals surface area contributed by atoms with Gasteiger partial charge in [-0.15, -0.1) is 0 Å². The number of ether oxygens (including phenoxy) is 2. The van der Waals surface area contributed by atoms with Crippen molar-refractivity contribution in [3.8, 4) is 5.75 Å². The van der Waals surface area contributed by atoms with Crippen molar-refractivity contribution >= 4 is 11.6 Å². The van der Waals surface area contributed by atoms with Crippen LogP contribution in [0.2, 0.25) is 0 Å². The van der Waals surface area contributed by atoms with Crippen molar-refractivity contribution in [1.29, 1.82) is 0 Å². The smallest absolute Gasteiger partial charge is 0.204 e. The molecular weight excluding hydrogens is 248 g/mol. The number of hydrogen-bond acceptors (Lipinski definition) is 7. The number of rotatable bonds is 5. The summed E-state index contributed by atoms with van der Waals surface area (Å²) in [6.45, 7) is 4.64. The molecule has 0 spiro atoms. The second-order valence-electron chi connectivity index (χ2n) is 4.23. The molecule has 0 radical (unpaired) electrons. The minimum atomic E-state index is -0.184. The summed E-state index contributed by atoms with van der Waals surface area (Å²) in [4.78, 5) is 10.5. The Morgan fingerprint density at radius 3 is 3.11 bits per heavy atom. The standard InChI is InChI=1S/C12H20N4O3/c1-3-13-11-10(18-2)12(15-8-14-11)16-4-5-19-9(6-16)7-17/h8-9,17H,3-7H2,1-2H3,(H,13,14,15). The molecule has 7 heteroatoms. The van der Waals surface area contributed by atoms with Crippen molar-refractivity contribution < 1.29 is 14.6 Å². The predicted octanol–water partition coefficient (Wildman–Crippen LogP) is 0.114. The summed E-state index contributed by atoms with van der Waals surface area (Å²) in [5.74, 6) is 2.04. The van der Waals surface area contributed by atoms with Gasteiger partial charge in [0.1, 0.15) is 6.33 Å². The predicted molar refractivity (Wildman–Crippen MR) is 71.8 cm³/mol. The first kappa shape index (κ1) is 13.8. The van der Waals surface area contributed by atoms with Gasteiger partial charge in [0.05, 0.1) is 26.4 Å². The van der Waals surface area contributed by atoms with Gasteiger partial charge in [-0.25, -0.2) is 9.97 Å².